The van der Waals surface area contributed by atoms with Crippen LogP contribution in [0.25, 0.3) is 44.2 Å². The zero-order valence-electron chi connectivity index (χ0n) is 32.5. The van der Waals surface area contributed by atoms with Gasteiger partial charge in [-0.15, -0.1) is 0 Å². The standard InChI is InChI=1S/C47H46F6O5/c1-3-5-7-9-29-15-21-36(40(23-29)46(48,49)50)38-27-33-17-11-31(25-42(33)57-44(38)55)13-19-35(54)20-14-32-12-18-34-28-39(45(56)58-43(34)26-32)37-22-16-30(10-8-6-4-2)24-41(37)47(51,52)53/h11-12,15-18,21-28,35,54H,3-10,13-14,19-20H2,1-2H3. The van der Waals surface area contributed by atoms with E-state index in [-0.39, 0.29) is 33.4 Å². The maximum Gasteiger partial charge on any atom is 0.417 e. The fourth-order valence-electron chi connectivity index (χ4n) is 7.40. The molecule has 0 aliphatic heterocycles. The number of alkyl halides is 6. The van der Waals surface area contributed by atoms with Gasteiger partial charge in [0.1, 0.15) is 11.2 Å². The molecule has 0 radical (unpaired) electrons. The van der Waals surface area contributed by atoms with Crippen LogP contribution >= 0.6 is 0 Å². The fourth-order valence-corrected chi connectivity index (χ4v) is 7.40. The highest BCUT2D eigenvalue weighted by Crippen LogP contribution is 2.39. The summed E-state index contributed by atoms with van der Waals surface area (Å²) in [5, 5.41) is 11.8. The van der Waals surface area contributed by atoms with Crippen molar-refractivity contribution in [1.29, 1.82) is 0 Å². The van der Waals surface area contributed by atoms with Crippen molar-refractivity contribution in [2.45, 2.75) is 109 Å². The number of hydrogen-bond donors (Lipinski definition) is 1. The molecule has 0 fully saturated rings. The molecule has 4 aromatic carbocycles. The third kappa shape index (κ3) is 10.3. The second-order valence-corrected chi connectivity index (χ2v) is 15.0. The third-order valence-electron chi connectivity index (χ3n) is 10.6. The first-order chi connectivity index (χ1) is 27.6. The van der Waals surface area contributed by atoms with E-state index >= 15 is 0 Å². The quantitative estimate of drug-likeness (QED) is 0.0599. The van der Waals surface area contributed by atoms with E-state index in [9.17, 15) is 41.0 Å². The van der Waals surface area contributed by atoms with Crippen molar-refractivity contribution in [3.63, 3.8) is 0 Å². The lowest BCUT2D eigenvalue weighted by atomic mass is 9.95. The molecular weight excluding hydrogens is 759 g/mol. The minimum absolute atomic E-state index is 0.171. The minimum atomic E-state index is -4.66. The molecule has 0 atom stereocenters. The Kier molecular flexibility index (Phi) is 13.3. The second kappa shape index (κ2) is 18.2. The average Bonchev–Trinajstić information content (AvgIpc) is 3.18. The van der Waals surface area contributed by atoms with Gasteiger partial charge in [0.2, 0.25) is 0 Å². The molecule has 0 bridgehead atoms. The van der Waals surface area contributed by atoms with Gasteiger partial charge in [-0.2, -0.15) is 26.3 Å². The van der Waals surface area contributed by atoms with E-state index in [2.05, 4.69) is 0 Å². The molecule has 6 rings (SSSR count). The highest BCUT2D eigenvalue weighted by atomic mass is 19.4. The lowest BCUT2D eigenvalue weighted by molar-refractivity contribution is -0.138. The maximum atomic E-state index is 14.1. The summed E-state index contributed by atoms with van der Waals surface area (Å²) in [7, 11) is 0. The van der Waals surface area contributed by atoms with Crippen LogP contribution in [0.2, 0.25) is 0 Å². The van der Waals surface area contributed by atoms with Crippen LogP contribution in [-0.2, 0) is 38.0 Å². The van der Waals surface area contributed by atoms with E-state index in [1.54, 1.807) is 48.5 Å². The first-order valence-corrected chi connectivity index (χ1v) is 19.9. The van der Waals surface area contributed by atoms with Gasteiger partial charge in [0, 0.05) is 21.9 Å². The Hall–Kier alpha value is -5.16. The van der Waals surface area contributed by atoms with Crippen LogP contribution in [0.4, 0.5) is 26.3 Å². The molecule has 11 heteroatoms. The Morgan fingerprint density at radius 2 is 0.879 bits per heavy atom. The van der Waals surface area contributed by atoms with Crippen LogP contribution < -0.4 is 11.3 Å². The monoisotopic (exact) mass is 804 g/mol. The summed E-state index contributed by atoms with van der Waals surface area (Å²) in [4.78, 5) is 26.1. The number of aliphatic hydroxyl groups excluding tert-OH is 1. The van der Waals surface area contributed by atoms with Crippen molar-refractivity contribution in [1.82, 2.24) is 0 Å². The van der Waals surface area contributed by atoms with Crippen molar-refractivity contribution in [3.05, 3.63) is 139 Å². The van der Waals surface area contributed by atoms with Gasteiger partial charge < -0.3 is 13.9 Å². The predicted octanol–water partition coefficient (Wildman–Crippen LogP) is 12.7. The molecule has 0 aliphatic rings. The summed E-state index contributed by atoms with van der Waals surface area (Å²) < 4.78 is 95.8. The molecule has 1 N–H and O–H groups in total. The number of fused-ring (bicyclic) bond motifs is 2. The topological polar surface area (TPSA) is 80.7 Å². The average molecular weight is 805 g/mol. The highest BCUT2D eigenvalue weighted by molar-refractivity contribution is 5.84. The smallest absolute Gasteiger partial charge is 0.417 e. The molecular formula is C47H46F6O5. The Bertz CT molecular complexity index is 2320. The molecule has 0 saturated carbocycles. The number of unbranched alkanes of at least 4 members (excludes halogenated alkanes) is 4. The molecule has 0 spiro atoms. The van der Waals surface area contributed by atoms with Crippen LogP contribution in [0.15, 0.2) is 103 Å². The van der Waals surface area contributed by atoms with Gasteiger partial charge in [-0.05, 0) is 110 Å². The summed E-state index contributed by atoms with van der Waals surface area (Å²) in [6.45, 7) is 4.04. The molecule has 306 valence electrons. The van der Waals surface area contributed by atoms with Gasteiger partial charge in [0.25, 0.3) is 0 Å². The zero-order chi connectivity index (χ0) is 41.6. The van der Waals surface area contributed by atoms with E-state index in [1.165, 1.54) is 24.3 Å². The number of hydrogen-bond acceptors (Lipinski definition) is 5. The molecule has 0 unspecified atom stereocenters. The summed E-state index contributed by atoms with van der Waals surface area (Å²) in [6.07, 6.45) is -2.20. The van der Waals surface area contributed by atoms with Gasteiger partial charge in [-0.1, -0.05) is 88.1 Å². The summed E-state index contributed by atoms with van der Waals surface area (Å²) in [5.74, 6) is 0. The lowest BCUT2D eigenvalue weighted by Crippen LogP contribution is -2.12. The van der Waals surface area contributed by atoms with Crippen LogP contribution in [0.1, 0.15) is 98.6 Å². The van der Waals surface area contributed by atoms with E-state index < -0.39 is 40.8 Å². The summed E-state index contributed by atoms with van der Waals surface area (Å²) in [6, 6.07) is 21.2. The van der Waals surface area contributed by atoms with Crippen LogP contribution in [-0.4, -0.2) is 11.2 Å². The largest absolute Gasteiger partial charge is 0.422 e. The van der Waals surface area contributed by atoms with Crippen LogP contribution in [0.3, 0.4) is 0 Å². The lowest BCUT2D eigenvalue weighted by Gasteiger charge is -2.15. The number of aryl methyl sites for hydroxylation is 4. The van der Waals surface area contributed by atoms with Crippen LogP contribution in [0, 0.1) is 0 Å². The summed E-state index contributed by atoms with van der Waals surface area (Å²) in [5.41, 5.74) is -1.23. The van der Waals surface area contributed by atoms with Crippen molar-refractivity contribution in [2.75, 3.05) is 0 Å². The van der Waals surface area contributed by atoms with Gasteiger partial charge in [-0.3, -0.25) is 0 Å². The Labute approximate surface area is 332 Å². The summed E-state index contributed by atoms with van der Waals surface area (Å²) >= 11 is 0. The fraction of sp³-hybridized carbons (Fsp3) is 0.362. The van der Waals surface area contributed by atoms with Crippen molar-refractivity contribution < 1.29 is 40.3 Å². The number of benzene rings is 4. The first-order valence-electron chi connectivity index (χ1n) is 19.9. The molecule has 2 heterocycles. The molecule has 6 aromatic rings. The first kappa shape index (κ1) is 42.4. The molecule has 0 aliphatic carbocycles. The van der Waals surface area contributed by atoms with E-state index in [0.29, 0.717) is 60.4 Å². The SMILES string of the molecule is CCCCCc1ccc(-c2cc3ccc(CCC(O)CCc4ccc5cc(-c6ccc(CCCCC)cc6C(F)(F)F)c(=O)oc5c4)cc3oc2=O)c(C(F)(F)F)c1. The maximum absolute atomic E-state index is 14.1. The molecule has 2 aromatic heterocycles. The van der Waals surface area contributed by atoms with Gasteiger partial charge >= 0.3 is 23.6 Å². The van der Waals surface area contributed by atoms with Crippen molar-refractivity contribution in [2.24, 2.45) is 0 Å². The third-order valence-corrected chi connectivity index (χ3v) is 10.6. The second-order valence-electron chi connectivity index (χ2n) is 15.0. The number of rotatable bonds is 16. The van der Waals surface area contributed by atoms with Gasteiger partial charge in [0.05, 0.1) is 28.4 Å². The zero-order valence-corrected chi connectivity index (χ0v) is 32.5. The number of aliphatic hydroxyl groups is 1. The molecule has 58 heavy (non-hydrogen) atoms. The van der Waals surface area contributed by atoms with Crippen molar-refractivity contribution >= 4 is 21.9 Å². The van der Waals surface area contributed by atoms with E-state index in [4.69, 9.17) is 8.83 Å². The predicted molar refractivity (Wildman–Crippen MR) is 215 cm³/mol. The molecule has 0 amide bonds. The molecule has 0 saturated heterocycles. The Balaban J connectivity index is 1.11. The van der Waals surface area contributed by atoms with E-state index in [0.717, 1.165) is 61.8 Å². The minimum Gasteiger partial charge on any atom is -0.422 e. The number of halogens is 6. The normalized spacial score (nSPS) is 12.3. The van der Waals surface area contributed by atoms with Crippen molar-refractivity contribution in [3.8, 4) is 22.3 Å². The highest BCUT2D eigenvalue weighted by Gasteiger charge is 2.36. The Morgan fingerprint density at radius 3 is 1.26 bits per heavy atom. The van der Waals surface area contributed by atoms with Gasteiger partial charge in [0.15, 0.2) is 0 Å². The van der Waals surface area contributed by atoms with E-state index in [1.807, 2.05) is 13.8 Å². The Morgan fingerprint density at radius 1 is 0.500 bits per heavy atom. The van der Waals surface area contributed by atoms with Gasteiger partial charge in [-0.25, -0.2) is 9.59 Å². The molecule has 5 nitrogen and oxygen atoms in total. The van der Waals surface area contributed by atoms with Crippen LogP contribution in [0.5, 0.6) is 0 Å².